The van der Waals surface area contributed by atoms with Crippen molar-refractivity contribution in [2.45, 2.75) is 25.8 Å². The van der Waals surface area contributed by atoms with Gasteiger partial charge in [-0.25, -0.2) is 0 Å². The van der Waals surface area contributed by atoms with E-state index >= 15 is 0 Å². The van der Waals surface area contributed by atoms with Crippen LogP contribution in [0.15, 0.2) is 24.3 Å². The number of rotatable bonds is 6. The Bertz CT molecular complexity index is 390. The van der Waals surface area contributed by atoms with Crippen molar-refractivity contribution < 1.29 is 4.79 Å². The molecule has 0 radical (unpaired) electrons. The van der Waals surface area contributed by atoms with Gasteiger partial charge >= 0.3 is 0 Å². The zero-order chi connectivity index (χ0) is 13.5. The third-order valence-corrected chi connectivity index (χ3v) is 3.15. The van der Waals surface area contributed by atoms with Crippen molar-refractivity contribution in [3.05, 3.63) is 29.8 Å². The van der Waals surface area contributed by atoms with E-state index in [1.807, 2.05) is 38.4 Å². The molecule has 0 bridgehead atoms. The van der Waals surface area contributed by atoms with Gasteiger partial charge in [-0.2, -0.15) is 0 Å². The molecule has 0 spiro atoms. The van der Waals surface area contributed by atoms with Crippen LogP contribution in [0, 0.1) is 0 Å². The van der Waals surface area contributed by atoms with Crippen LogP contribution in [0.2, 0.25) is 0 Å². The molecule has 1 atom stereocenters. The first-order chi connectivity index (χ1) is 8.50. The molecule has 4 heteroatoms. The second-order valence-electron chi connectivity index (χ2n) is 4.82. The smallest absolute Gasteiger partial charge is 0.220 e. The summed E-state index contributed by atoms with van der Waals surface area (Å²) in [7, 11) is 4.00. The van der Waals surface area contributed by atoms with Crippen LogP contribution in [0.3, 0.4) is 0 Å². The number of anilines is 1. The average Bonchev–Trinajstić information content (AvgIpc) is 2.34. The Kier molecular flexibility index (Phi) is 5.65. The van der Waals surface area contributed by atoms with Crippen LogP contribution in [0.5, 0.6) is 0 Å². The topological polar surface area (TPSA) is 58.4 Å². The fourth-order valence-electron chi connectivity index (χ4n) is 1.54. The highest BCUT2D eigenvalue weighted by molar-refractivity contribution is 5.76. The van der Waals surface area contributed by atoms with Crippen molar-refractivity contribution in [3.8, 4) is 0 Å². The van der Waals surface area contributed by atoms with Crippen LogP contribution < -0.4 is 11.1 Å². The number of carbonyl (C=O) groups excluding carboxylic acids is 1. The number of amides is 1. The van der Waals surface area contributed by atoms with E-state index in [1.165, 1.54) is 0 Å². The normalized spacial score (nSPS) is 12.4. The minimum absolute atomic E-state index is 0.0759. The molecule has 0 heterocycles. The molecule has 0 aromatic heterocycles. The van der Waals surface area contributed by atoms with E-state index in [-0.39, 0.29) is 5.91 Å². The van der Waals surface area contributed by atoms with Gasteiger partial charge in [0.15, 0.2) is 0 Å². The fourth-order valence-corrected chi connectivity index (χ4v) is 1.54. The molecule has 100 valence electrons. The fraction of sp³-hybridized carbons (Fsp3) is 0.500. The Morgan fingerprint density at radius 3 is 2.67 bits per heavy atom. The maximum Gasteiger partial charge on any atom is 0.220 e. The lowest BCUT2D eigenvalue weighted by molar-refractivity contribution is -0.121. The SMILES string of the molecule is CC(CNC(=O)CCc1ccccc1N)N(C)C. The Morgan fingerprint density at radius 2 is 2.06 bits per heavy atom. The number of aryl methyl sites for hydroxylation is 1. The summed E-state index contributed by atoms with van der Waals surface area (Å²) >= 11 is 0. The number of hydrogen-bond acceptors (Lipinski definition) is 3. The molecule has 1 amide bonds. The lowest BCUT2D eigenvalue weighted by atomic mass is 10.1. The lowest BCUT2D eigenvalue weighted by Crippen LogP contribution is -2.38. The highest BCUT2D eigenvalue weighted by atomic mass is 16.1. The molecule has 0 aliphatic rings. The molecule has 3 N–H and O–H groups in total. The lowest BCUT2D eigenvalue weighted by Gasteiger charge is -2.19. The van der Waals surface area contributed by atoms with Crippen molar-refractivity contribution in [2.75, 3.05) is 26.4 Å². The largest absolute Gasteiger partial charge is 0.399 e. The minimum atomic E-state index is 0.0759. The average molecular weight is 249 g/mol. The van der Waals surface area contributed by atoms with E-state index in [0.717, 1.165) is 11.3 Å². The number of benzene rings is 1. The second-order valence-corrected chi connectivity index (χ2v) is 4.82. The Hall–Kier alpha value is -1.55. The third-order valence-electron chi connectivity index (χ3n) is 3.15. The molecule has 0 saturated heterocycles. The van der Waals surface area contributed by atoms with Gasteiger partial charge < -0.3 is 16.0 Å². The Morgan fingerprint density at radius 1 is 1.39 bits per heavy atom. The van der Waals surface area contributed by atoms with Gasteiger partial charge in [0.05, 0.1) is 0 Å². The summed E-state index contributed by atoms with van der Waals surface area (Å²) in [5, 5.41) is 2.93. The number of hydrogen-bond donors (Lipinski definition) is 2. The van der Waals surface area contributed by atoms with Crippen molar-refractivity contribution >= 4 is 11.6 Å². The number of nitrogens with one attached hydrogen (secondary N) is 1. The Balaban J connectivity index is 2.32. The molecular formula is C14H23N3O. The second kappa shape index (κ2) is 7.01. The van der Waals surface area contributed by atoms with Gasteiger partial charge in [0.25, 0.3) is 0 Å². The predicted octanol–water partition coefficient (Wildman–Crippen LogP) is 1.27. The first-order valence-electron chi connectivity index (χ1n) is 6.27. The summed E-state index contributed by atoms with van der Waals surface area (Å²) < 4.78 is 0. The van der Waals surface area contributed by atoms with Crippen LogP contribution >= 0.6 is 0 Å². The van der Waals surface area contributed by atoms with E-state index < -0.39 is 0 Å². The van der Waals surface area contributed by atoms with Crippen LogP contribution in [0.1, 0.15) is 18.9 Å². The monoisotopic (exact) mass is 249 g/mol. The van der Waals surface area contributed by atoms with E-state index in [9.17, 15) is 4.79 Å². The number of nitrogen functional groups attached to an aromatic ring is 1. The molecule has 1 unspecified atom stereocenters. The van der Waals surface area contributed by atoms with Gasteiger partial charge in [0.2, 0.25) is 5.91 Å². The molecule has 0 fully saturated rings. The number of likely N-dealkylation sites (N-methyl/N-ethyl adjacent to an activating group) is 1. The molecule has 1 aromatic rings. The zero-order valence-corrected chi connectivity index (χ0v) is 11.4. The quantitative estimate of drug-likeness (QED) is 0.746. The third kappa shape index (κ3) is 4.75. The van der Waals surface area contributed by atoms with Crippen molar-refractivity contribution in [1.82, 2.24) is 10.2 Å². The van der Waals surface area contributed by atoms with Crippen LogP contribution in [-0.2, 0) is 11.2 Å². The highest BCUT2D eigenvalue weighted by Crippen LogP contribution is 2.12. The van der Waals surface area contributed by atoms with Gasteiger partial charge in [0.1, 0.15) is 0 Å². The van der Waals surface area contributed by atoms with Crippen molar-refractivity contribution in [2.24, 2.45) is 0 Å². The van der Waals surface area contributed by atoms with Gasteiger partial charge in [-0.1, -0.05) is 18.2 Å². The van der Waals surface area contributed by atoms with Crippen LogP contribution in [-0.4, -0.2) is 37.5 Å². The molecule has 18 heavy (non-hydrogen) atoms. The summed E-state index contributed by atoms with van der Waals surface area (Å²) in [5.41, 5.74) is 7.62. The molecule has 4 nitrogen and oxygen atoms in total. The summed E-state index contributed by atoms with van der Waals surface area (Å²) in [6.07, 6.45) is 1.17. The first kappa shape index (κ1) is 14.5. The van der Waals surface area contributed by atoms with E-state index in [1.54, 1.807) is 0 Å². The van der Waals surface area contributed by atoms with E-state index in [0.29, 0.717) is 25.4 Å². The molecule has 1 rings (SSSR count). The highest BCUT2D eigenvalue weighted by Gasteiger charge is 2.07. The number of para-hydroxylation sites is 1. The van der Waals surface area contributed by atoms with Gasteiger partial charge in [-0.05, 0) is 39.1 Å². The molecule has 0 aliphatic carbocycles. The van der Waals surface area contributed by atoms with Crippen molar-refractivity contribution in [1.29, 1.82) is 0 Å². The van der Waals surface area contributed by atoms with Crippen LogP contribution in [0.4, 0.5) is 5.69 Å². The molecule has 0 aliphatic heterocycles. The number of nitrogens with zero attached hydrogens (tertiary/aromatic N) is 1. The Labute approximate surface area is 109 Å². The van der Waals surface area contributed by atoms with Gasteiger partial charge in [-0.15, -0.1) is 0 Å². The molecule has 0 saturated carbocycles. The van der Waals surface area contributed by atoms with Crippen molar-refractivity contribution in [3.63, 3.8) is 0 Å². The first-order valence-corrected chi connectivity index (χ1v) is 6.27. The van der Waals surface area contributed by atoms with E-state index in [2.05, 4.69) is 17.1 Å². The predicted molar refractivity (Wildman–Crippen MR) is 75.3 cm³/mol. The molecular weight excluding hydrogens is 226 g/mol. The summed E-state index contributed by atoms with van der Waals surface area (Å²) in [4.78, 5) is 13.8. The van der Waals surface area contributed by atoms with E-state index in [4.69, 9.17) is 5.73 Å². The summed E-state index contributed by atoms with van der Waals surface area (Å²) in [5.74, 6) is 0.0759. The molecule has 1 aromatic carbocycles. The minimum Gasteiger partial charge on any atom is -0.399 e. The van der Waals surface area contributed by atoms with Gasteiger partial charge in [-0.3, -0.25) is 4.79 Å². The number of carbonyl (C=O) groups is 1. The summed E-state index contributed by atoms with van der Waals surface area (Å²) in [6, 6.07) is 8.01. The van der Waals surface area contributed by atoms with Crippen LogP contribution in [0.25, 0.3) is 0 Å². The number of nitrogens with two attached hydrogens (primary N) is 1. The standard InChI is InChI=1S/C14H23N3O/c1-11(17(2)3)10-16-14(18)9-8-12-6-4-5-7-13(12)15/h4-7,11H,8-10,15H2,1-3H3,(H,16,18). The van der Waals surface area contributed by atoms with Gasteiger partial charge in [0, 0.05) is 24.7 Å². The maximum atomic E-state index is 11.7. The maximum absolute atomic E-state index is 11.7. The zero-order valence-electron chi connectivity index (χ0n) is 11.4. The summed E-state index contributed by atoms with van der Waals surface area (Å²) in [6.45, 7) is 2.76.